The third-order valence-corrected chi connectivity index (χ3v) is 2.69. The van der Waals surface area contributed by atoms with Gasteiger partial charge in [-0.2, -0.15) is 0 Å². The van der Waals surface area contributed by atoms with Gasteiger partial charge in [-0.05, 0) is 31.0 Å². The monoisotopic (exact) mass is 195 g/mol. The minimum absolute atomic E-state index is 0.107. The number of halogens is 1. The molecule has 0 heterocycles. The zero-order valence-electron chi connectivity index (χ0n) is 8.20. The lowest BCUT2D eigenvalue weighted by Gasteiger charge is -2.21. The Balaban J connectivity index is 2.30. The Kier molecular flexibility index (Phi) is 2.42. The Hall–Kier alpha value is -1.09. The van der Waals surface area contributed by atoms with E-state index in [0.717, 1.165) is 5.69 Å². The van der Waals surface area contributed by atoms with Gasteiger partial charge in [-0.25, -0.2) is 4.39 Å². The fraction of sp³-hybridized carbons (Fsp3) is 0.455. The topological polar surface area (TPSA) is 23.5 Å². The predicted octanol–water partition coefficient (Wildman–Crippen LogP) is 1.92. The lowest BCUT2D eigenvalue weighted by atomic mass is 10.1. The third-order valence-electron chi connectivity index (χ3n) is 2.69. The number of rotatable bonds is 3. The number of aliphatic hydroxyl groups excluding tert-OH is 1. The molecule has 14 heavy (non-hydrogen) atoms. The van der Waals surface area contributed by atoms with Gasteiger partial charge in [-0.15, -0.1) is 0 Å². The van der Waals surface area contributed by atoms with Crippen molar-refractivity contribution in [3.63, 3.8) is 0 Å². The van der Waals surface area contributed by atoms with Gasteiger partial charge in [0.2, 0.25) is 0 Å². The van der Waals surface area contributed by atoms with Crippen LogP contribution in [-0.2, 0) is 6.61 Å². The van der Waals surface area contributed by atoms with Crippen LogP contribution in [0.3, 0.4) is 0 Å². The molecule has 0 saturated heterocycles. The van der Waals surface area contributed by atoms with E-state index < -0.39 is 0 Å². The molecule has 0 spiro atoms. The second-order valence-corrected chi connectivity index (χ2v) is 3.77. The fourth-order valence-corrected chi connectivity index (χ4v) is 1.68. The highest BCUT2D eigenvalue weighted by Crippen LogP contribution is 2.32. The summed E-state index contributed by atoms with van der Waals surface area (Å²) in [5.74, 6) is -0.290. The second-order valence-electron chi connectivity index (χ2n) is 3.77. The lowest BCUT2D eigenvalue weighted by Crippen LogP contribution is -2.20. The number of anilines is 1. The average Bonchev–Trinajstić information content (AvgIpc) is 3.00. The third kappa shape index (κ3) is 1.73. The van der Waals surface area contributed by atoms with Crippen molar-refractivity contribution in [2.75, 3.05) is 11.9 Å². The molecule has 2 nitrogen and oxygen atoms in total. The van der Waals surface area contributed by atoms with Gasteiger partial charge < -0.3 is 10.0 Å². The summed E-state index contributed by atoms with van der Waals surface area (Å²) in [6.45, 7) is -0.107. The molecule has 2 rings (SSSR count). The second kappa shape index (κ2) is 3.58. The van der Waals surface area contributed by atoms with Gasteiger partial charge in [-0.1, -0.05) is 0 Å². The first-order valence-corrected chi connectivity index (χ1v) is 4.84. The van der Waals surface area contributed by atoms with Crippen LogP contribution in [0.25, 0.3) is 0 Å². The minimum atomic E-state index is -0.290. The van der Waals surface area contributed by atoms with Gasteiger partial charge in [0.25, 0.3) is 0 Å². The molecule has 0 atom stereocenters. The van der Waals surface area contributed by atoms with Gasteiger partial charge in [0, 0.05) is 24.3 Å². The summed E-state index contributed by atoms with van der Waals surface area (Å²) in [7, 11) is 1.99. The van der Waals surface area contributed by atoms with Gasteiger partial charge in [-0.3, -0.25) is 0 Å². The fourth-order valence-electron chi connectivity index (χ4n) is 1.68. The molecule has 0 amide bonds. The SMILES string of the molecule is CN(c1ccc(F)cc1CO)C1CC1. The lowest BCUT2D eigenvalue weighted by molar-refractivity contribution is 0.281. The van der Waals surface area contributed by atoms with Gasteiger partial charge in [0.1, 0.15) is 5.82 Å². The summed E-state index contributed by atoms with van der Waals surface area (Å²) < 4.78 is 12.9. The van der Waals surface area contributed by atoms with E-state index in [9.17, 15) is 4.39 Å². The first-order valence-electron chi connectivity index (χ1n) is 4.84. The number of aliphatic hydroxyl groups is 1. The highest BCUT2D eigenvalue weighted by molar-refractivity contribution is 5.54. The van der Waals surface area contributed by atoms with E-state index in [-0.39, 0.29) is 12.4 Å². The normalized spacial score (nSPS) is 15.6. The summed E-state index contributed by atoms with van der Waals surface area (Å²) in [5, 5.41) is 9.10. The largest absolute Gasteiger partial charge is 0.392 e. The van der Waals surface area contributed by atoms with Gasteiger partial charge in [0.05, 0.1) is 6.61 Å². The number of benzene rings is 1. The Morgan fingerprint density at radius 3 is 2.79 bits per heavy atom. The van der Waals surface area contributed by atoms with Crippen LogP contribution in [0.4, 0.5) is 10.1 Å². The van der Waals surface area contributed by atoms with Crippen LogP contribution >= 0.6 is 0 Å². The van der Waals surface area contributed by atoms with E-state index >= 15 is 0 Å². The maximum Gasteiger partial charge on any atom is 0.123 e. The van der Waals surface area contributed by atoms with Crippen molar-refractivity contribution in [3.05, 3.63) is 29.6 Å². The van der Waals surface area contributed by atoms with Crippen molar-refractivity contribution in [2.45, 2.75) is 25.5 Å². The van der Waals surface area contributed by atoms with Crippen LogP contribution in [0.15, 0.2) is 18.2 Å². The highest BCUT2D eigenvalue weighted by Gasteiger charge is 2.27. The number of nitrogens with zero attached hydrogens (tertiary/aromatic N) is 1. The molecular formula is C11H14FNO. The minimum Gasteiger partial charge on any atom is -0.392 e. The summed E-state index contributed by atoms with van der Waals surface area (Å²) in [6, 6.07) is 5.15. The van der Waals surface area contributed by atoms with Crippen molar-refractivity contribution in [3.8, 4) is 0 Å². The van der Waals surface area contributed by atoms with Crippen LogP contribution in [-0.4, -0.2) is 18.2 Å². The van der Waals surface area contributed by atoms with Crippen LogP contribution in [0, 0.1) is 5.82 Å². The summed E-state index contributed by atoms with van der Waals surface area (Å²) in [4.78, 5) is 2.12. The van der Waals surface area contributed by atoms with E-state index in [2.05, 4.69) is 4.90 Å². The average molecular weight is 195 g/mol. The van der Waals surface area contributed by atoms with Crippen molar-refractivity contribution in [1.82, 2.24) is 0 Å². The quantitative estimate of drug-likeness (QED) is 0.796. The van der Waals surface area contributed by atoms with Crippen molar-refractivity contribution in [1.29, 1.82) is 0 Å². The van der Waals surface area contributed by atoms with Gasteiger partial charge in [0.15, 0.2) is 0 Å². The molecule has 1 aromatic carbocycles. The molecular weight excluding hydrogens is 181 g/mol. The van der Waals surface area contributed by atoms with Crippen molar-refractivity contribution < 1.29 is 9.50 Å². The Morgan fingerprint density at radius 2 is 2.21 bits per heavy atom. The summed E-state index contributed by atoms with van der Waals surface area (Å²) >= 11 is 0. The highest BCUT2D eigenvalue weighted by atomic mass is 19.1. The molecule has 1 aliphatic rings. The van der Waals surface area contributed by atoms with Crippen LogP contribution < -0.4 is 4.90 Å². The summed E-state index contributed by atoms with van der Waals surface area (Å²) in [5.41, 5.74) is 1.61. The molecule has 1 N–H and O–H groups in total. The van der Waals surface area contributed by atoms with Gasteiger partial charge >= 0.3 is 0 Å². The predicted molar refractivity (Wildman–Crippen MR) is 53.7 cm³/mol. The van der Waals surface area contributed by atoms with Crippen LogP contribution in [0.1, 0.15) is 18.4 Å². The van der Waals surface area contributed by atoms with Crippen LogP contribution in [0.5, 0.6) is 0 Å². The van der Waals surface area contributed by atoms with Crippen molar-refractivity contribution in [2.24, 2.45) is 0 Å². The molecule has 0 aromatic heterocycles. The van der Waals surface area contributed by atoms with E-state index in [1.165, 1.54) is 25.0 Å². The summed E-state index contributed by atoms with van der Waals surface area (Å²) in [6.07, 6.45) is 2.39. The van der Waals surface area contributed by atoms with Crippen molar-refractivity contribution >= 4 is 5.69 Å². The Labute approximate surface area is 83.0 Å². The number of hydrogen-bond acceptors (Lipinski definition) is 2. The maximum atomic E-state index is 12.9. The molecule has 0 bridgehead atoms. The smallest absolute Gasteiger partial charge is 0.123 e. The standard InChI is InChI=1S/C11H14FNO/c1-13(10-3-4-10)11-5-2-9(12)6-8(11)7-14/h2,5-6,10,14H,3-4,7H2,1H3. The molecule has 1 fully saturated rings. The zero-order chi connectivity index (χ0) is 10.1. The number of hydrogen-bond donors (Lipinski definition) is 1. The molecule has 0 unspecified atom stereocenters. The van der Waals surface area contributed by atoms with E-state index in [1.54, 1.807) is 6.07 Å². The van der Waals surface area contributed by atoms with E-state index in [4.69, 9.17) is 5.11 Å². The molecule has 3 heteroatoms. The Morgan fingerprint density at radius 1 is 1.50 bits per heavy atom. The van der Waals surface area contributed by atoms with E-state index in [1.807, 2.05) is 7.05 Å². The molecule has 1 aliphatic carbocycles. The zero-order valence-corrected chi connectivity index (χ0v) is 8.20. The maximum absolute atomic E-state index is 12.9. The molecule has 1 aromatic rings. The molecule has 1 saturated carbocycles. The molecule has 76 valence electrons. The molecule has 0 aliphatic heterocycles. The van der Waals surface area contributed by atoms with Crippen LogP contribution in [0.2, 0.25) is 0 Å². The van der Waals surface area contributed by atoms with E-state index in [0.29, 0.717) is 11.6 Å². The Bertz CT molecular complexity index is 336. The molecule has 0 radical (unpaired) electrons. The first kappa shape index (κ1) is 9.46. The first-order chi connectivity index (χ1) is 6.72.